The number of aryl methyl sites for hydroxylation is 3. The molecule has 3 aromatic heterocycles. The summed E-state index contributed by atoms with van der Waals surface area (Å²) >= 11 is 0. The Kier molecular flexibility index (Phi) is 3.80. The van der Waals surface area contributed by atoms with Gasteiger partial charge in [-0.05, 0) is 44.2 Å². The highest BCUT2D eigenvalue weighted by molar-refractivity contribution is 6.13. The first kappa shape index (κ1) is 16.1. The van der Waals surface area contributed by atoms with Gasteiger partial charge in [0.05, 0.1) is 22.9 Å². The standard InChI is InChI=1S/C20H18N4O2/c1-12-6-8-14(9-7-12)21-20(25)15-11-16(17-5-4-10-26-17)22-19-18(15)13(2)23-24(19)3/h4-11H,1-3H3,(H,21,25). The van der Waals surface area contributed by atoms with Gasteiger partial charge in [0.15, 0.2) is 11.4 Å². The molecule has 4 rings (SSSR count). The number of nitrogens with zero attached hydrogens (tertiary/aromatic N) is 3. The number of aromatic nitrogens is 3. The van der Waals surface area contributed by atoms with Crippen LogP contribution in [0.3, 0.4) is 0 Å². The molecule has 1 amide bonds. The van der Waals surface area contributed by atoms with Crippen LogP contribution in [0.5, 0.6) is 0 Å². The first-order valence-electron chi connectivity index (χ1n) is 8.29. The molecule has 0 radical (unpaired) electrons. The zero-order valence-corrected chi connectivity index (χ0v) is 14.8. The van der Waals surface area contributed by atoms with Crippen LogP contribution < -0.4 is 5.32 Å². The maximum atomic E-state index is 13.0. The first-order chi connectivity index (χ1) is 12.5. The second kappa shape index (κ2) is 6.15. The monoisotopic (exact) mass is 346 g/mol. The van der Waals surface area contributed by atoms with Gasteiger partial charge in [-0.15, -0.1) is 0 Å². The topological polar surface area (TPSA) is 73.0 Å². The third kappa shape index (κ3) is 2.75. The van der Waals surface area contributed by atoms with Crippen LogP contribution in [0, 0.1) is 13.8 Å². The maximum Gasteiger partial charge on any atom is 0.256 e. The number of pyridine rings is 1. The summed E-state index contributed by atoms with van der Waals surface area (Å²) in [5, 5.41) is 8.11. The van der Waals surface area contributed by atoms with Crippen LogP contribution in [-0.4, -0.2) is 20.7 Å². The molecule has 3 heterocycles. The fourth-order valence-corrected chi connectivity index (χ4v) is 3.01. The average Bonchev–Trinajstić information content (AvgIpc) is 3.25. The van der Waals surface area contributed by atoms with Crippen LogP contribution in [-0.2, 0) is 7.05 Å². The quantitative estimate of drug-likeness (QED) is 0.606. The van der Waals surface area contributed by atoms with Gasteiger partial charge in [0.25, 0.3) is 5.91 Å². The van der Waals surface area contributed by atoms with Crippen molar-refractivity contribution in [1.82, 2.24) is 14.8 Å². The smallest absolute Gasteiger partial charge is 0.256 e. The van der Waals surface area contributed by atoms with E-state index in [1.54, 1.807) is 23.1 Å². The Labute approximate surface area is 150 Å². The Bertz CT molecular complexity index is 1090. The van der Waals surface area contributed by atoms with Crippen molar-refractivity contribution in [2.75, 3.05) is 5.32 Å². The molecule has 1 N–H and O–H groups in total. The molecule has 6 heteroatoms. The molecule has 0 atom stereocenters. The molecule has 0 aliphatic carbocycles. The van der Waals surface area contributed by atoms with Gasteiger partial charge in [0.2, 0.25) is 0 Å². The van der Waals surface area contributed by atoms with E-state index in [-0.39, 0.29) is 5.91 Å². The summed E-state index contributed by atoms with van der Waals surface area (Å²) in [7, 11) is 1.82. The third-order valence-corrected chi connectivity index (χ3v) is 4.30. The van der Waals surface area contributed by atoms with E-state index in [2.05, 4.69) is 15.4 Å². The van der Waals surface area contributed by atoms with Gasteiger partial charge in [-0.2, -0.15) is 5.10 Å². The van der Waals surface area contributed by atoms with Crippen molar-refractivity contribution in [3.8, 4) is 11.5 Å². The van der Waals surface area contributed by atoms with Crippen LogP contribution >= 0.6 is 0 Å². The van der Waals surface area contributed by atoms with Crippen molar-refractivity contribution in [2.45, 2.75) is 13.8 Å². The van der Waals surface area contributed by atoms with Crippen LogP contribution in [0.4, 0.5) is 5.69 Å². The van der Waals surface area contributed by atoms with Gasteiger partial charge < -0.3 is 9.73 Å². The molecule has 0 saturated heterocycles. The number of fused-ring (bicyclic) bond motifs is 1. The van der Waals surface area contributed by atoms with Crippen molar-refractivity contribution in [3.63, 3.8) is 0 Å². The van der Waals surface area contributed by atoms with Gasteiger partial charge in [0, 0.05) is 12.7 Å². The van der Waals surface area contributed by atoms with Crippen molar-refractivity contribution < 1.29 is 9.21 Å². The van der Waals surface area contributed by atoms with Crippen molar-refractivity contribution in [1.29, 1.82) is 0 Å². The molecule has 1 aromatic carbocycles. The van der Waals surface area contributed by atoms with Crippen molar-refractivity contribution >= 4 is 22.6 Å². The molecule has 4 aromatic rings. The van der Waals surface area contributed by atoms with Crippen LogP contribution in [0.2, 0.25) is 0 Å². The Hall–Kier alpha value is -3.41. The highest BCUT2D eigenvalue weighted by Gasteiger charge is 2.20. The zero-order chi connectivity index (χ0) is 18.3. The number of hydrogen-bond donors (Lipinski definition) is 1. The highest BCUT2D eigenvalue weighted by Crippen LogP contribution is 2.27. The second-order valence-corrected chi connectivity index (χ2v) is 6.26. The van der Waals surface area contributed by atoms with E-state index in [9.17, 15) is 4.79 Å². The van der Waals surface area contributed by atoms with E-state index in [4.69, 9.17) is 4.42 Å². The molecule has 130 valence electrons. The van der Waals surface area contributed by atoms with E-state index in [0.29, 0.717) is 22.7 Å². The molecule has 0 spiro atoms. The normalized spacial score (nSPS) is 11.0. The van der Waals surface area contributed by atoms with E-state index in [1.807, 2.05) is 51.2 Å². The summed E-state index contributed by atoms with van der Waals surface area (Å²) in [6.07, 6.45) is 1.59. The van der Waals surface area contributed by atoms with E-state index >= 15 is 0 Å². The molecule has 26 heavy (non-hydrogen) atoms. The van der Waals surface area contributed by atoms with Gasteiger partial charge in [-0.25, -0.2) is 4.98 Å². The molecule has 0 bridgehead atoms. The molecule has 0 unspecified atom stereocenters. The number of furan rings is 1. The van der Waals surface area contributed by atoms with Crippen LogP contribution in [0.1, 0.15) is 21.6 Å². The number of amides is 1. The second-order valence-electron chi connectivity index (χ2n) is 6.26. The fraction of sp³-hybridized carbons (Fsp3) is 0.150. The summed E-state index contributed by atoms with van der Waals surface area (Å²) in [6, 6.07) is 13.0. The zero-order valence-electron chi connectivity index (χ0n) is 14.8. The molecule has 0 aliphatic heterocycles. The molecule has 6 nitrogen and oxygen atoms in total. The van der Waals surface area contributed by atoms with E-state index < -0.39 is 0 Å². The summed E-state index contributed by atoms with van der Waals surface area (Å²) < 4.78 is 7.14. The first-order valence-corrected chi connectivity index (χ1v) is 8.29. The molecule has 0 saturated carbocycles. The molecular formula is C20H18N4O2. The predicted octanol–water partition coefficient (Wildman–Crippen LogP) is 4.10. The molecule has 0 fully saturated rings. The van der Waals surface area contributed by atoms with Gasteiger partial charge in [-0.1, -0.05) is 17.7 Å². The number of carbonyl (C=O) groups is 1. The van der Waals surface area contributed by atoms with Gasteiger partial charge >= 0.3 is 0 Å². The summed E-state index contributed by atoms with van der Waals surface area (Å²) in [5.41, 5.74) is 4.40. The van der Waals surface area contributed by atoms with E-state index in [0.717, 1.165) is 22.3 Å². The lowest BCUT2D eigenvalue weighted by Gasteiger charge is -2.09. The minimum atomic E-state index is -0.204. The molecule has 0 aliphatic rings. The number of nitrogens with one attached hydrogen (secondary N) is 1. The van der Waals surface area contributed by atoms with Gasteiger partial charge in [-0.3, -0.25) is 9.48 Å². The summed E-state index contributed by atoms with van der Waals surface area (Å²) in [6.45, 7) is 3.88. The van der Waals surface area contributed by atoms with Crippen LogP contribution in [0.25, 0.3) is 22.5 Å². The number of anilines is 1. The Morgan fingerprint density at radius 2 is 1.92 bits per heavy atom. The Morgan fingerprint density at radius 3 is 2.62 bits per heavy atom. The number of benzene rings is 1. The third-order valence-electron chi connectivity index (χ3n) is 4.30. The summed E-state index contributed by atoms with van der Waals surface area (Å²) in [4.78, 5) is 17.6. The lowest BCUT2D eigenvalue weighted by molar-refractivity contribution is 0.102. The lowest BCUT2D eigenvalue weighted by Crippen LogP contribution is -2.13. The highest BCUT2D eigenvalue weighted by atomic mass is 16.3. The SMILES string of the molecule is Cc1ccc(NC(=O)c2cc(-c3ccco3)nc3c2c(C)nn3C)cc1. The maximum absolute atomic E-state index is 13.0. The molecular weight excluding hydrogens is 328 g/mol. The average molecular weight is 346 g/mol. The number of hydrogen-bond acceptors (Lipinski definition) is 4. The minimum Gasteiger partial charge on any atom is -0.463 e. The lowest BCUT2D eigenvalue weighted by atomic mass is 10.1. The van der Waals surface area contributed by atoms with Crippen molar-refractivity contribution in [2.24, 2.45) is 7.05 Å². The summed E-state index contributed by atoms with van der Waals surface area (Å²) in [5.74, 6) is 0.403. The Balaban J connectivity index is 1.84. The van der Waals surface area contributed by atoms with Crippen LogP contribution in [0.15, 0.2) is 53.1 Å². The van der Waals surface area contributed by atoms with E-state index in [1.165, 1.54) is 0 Å². The largest absolute Gasteiger partial charge is 0.463 e. The van der Waals surface area contributed by atoms with Crippen molar-refractivity contribution in [3.05, 3.63) is 65.5 Å². The number of rotatable bonds is 3. The predicted molar refractivity (Wildman–Crippen MR) is 100 cm³/mol. The number of carbonyl (C=O) groups excluding carboxylic acids is 1. The van der Waals surface area contributed by atoms with Gasteiger partial charge in [0.1, 0.15) is 5.69 Å². The Morgan fingerprint density at radius 1 is 1.15 bits per heavy atom. The minimum absolute atomic E-state index is 0.204. The fourth-order valence-electron chi connectivity index (χ4n) is 3.01.